The van der Waals surface area contributed by atoms with Gasteiger partial charge in [0.05, 0.1) is 13.2 Å². The average Bonchev–Trinajstić information content (AvgIpc) is 3.00. The maximum Gasteiger partial charge on any atom is 0.245 e. The lowest BCUT2D eigenvalue weighted by atomic mass is 10.0. The molecule has 21 heavy (non-hydrogen) atoms. The van der Waals surface area contributed by atoms with Gasteiger partial charge in [-0.15, -0.1) is 0 Å². The Morgan fingerprint density at radius 2 is 2.14 bits per heavy atom. The predicted octanol–water partition coefficient (Wildman–Crippen LogP) is 2.03. The molecule has 0 saturated heterocycles. The number of hydrogen-bond donors (Lipinski definition) is 1. The third-order valence-corrected chi connectivity index (χ3v) is 3.42. The number of carbonyl (C=O) groups excluding carboxylic acids is 1. The lowest BCUT2D eigenvalue weighted by Gasteiger charge is -2.20. The zero-order valence-electron chi connectivity index (χ0n) is 12.7. The SMILES string of the molecule is COc1ccc(C)cc1[C@@H](C)NC(=O)[C@H](C)n1cncn1. The van der Waals surface area contributed by atoms with Gasteiger partial charge in [-0.3, -0.25) is 4.79 Å². The molecule has 0 saturated carbocycles. The van der Waals surface area contributed by atoms with Crippen molar-refractivity contribution in [3.05, 3.63) is 42.0 Å². The highest BCUT2D eigenvalue weighted by Gasteiger charge is 2.20. The first kappa shape index (κ1) is 15.0. The van der Waals surface area contributed by atoms with Crippen LogP contribution in [0.25, 0.3) is 0 Å². The number of amides is 1. The summed E-state index contributed by atoms with van der Waals surface area (Å²) in [7, 11) is 1.63. The van der Waals surface area contributed by atoms with Crippen LogP contribution in [0.2, 0.25) is 0 Å². The lowest BCUT2D eigenvalue weighted by molar-refractivity contribution is -0.124. The van der Waals surface area contributed by atoms with E-state index in [2.05, 4.69) is 15.4 Å². The molecule has 112 valence electrons. The standard InChI is InChI=1S/C15H20N4O2/c1-10-5-6-14(21-4)13(7-10)11(2)18-15(20)12(3)19-9-16-8-17-19/h5-9,11-12H,1-4H3,(H,18,20)/t11-,12+/m1/s1. The lowest BCUT2D eigenvalue weighted by Crippen LogP contribution is -2.33. The minimum atomic E-state index is -0.411. The number of nitrogens with one attached hydrogen (secondary N) is 1. The maximum absolute atomic E-state index is 12.3. The summed E-state index contributed by atoms with van der Waals surface area (Å²) >= 11 is 0. The van der Waals surface area contributed by atoms with E-state index in [9.17, 15) is 4.79 Å². The van der Waals surface area contributed by atoms with E-state index in [1.165, 1.54) is 17.3 Å². The predicted molar refractivity (Wildman–Crippen MR) is 79.0 cm³/mol. The first-order valence-electron chi connectivity index (χ1n) is 6.82. The molecule has 1 aromatic carbocycles. The quantitative estimate of drug-likeness (QED) is 0.914. The minimum Gasteiger partial charge on any atom is -0.496 e. The van der Waals surface area contributed by atoms with Gasteiger partial charge in [0.25, 0.3) is 0 Å². The molecule has 2 atom stereocenters. The van der Waals surface area contributed by atoms with E-state index in [-0.39, 0.29) is 11.9 Å². The van der Waals surface area contributed by atoms with E-state index in [4.69, 9.17) is 4.74 Å². The van der Waals surface area contributed by atoms with Gasteiger partial charge >= 0.3 is 0 Å². The van der Waals surface area contributed by atoms with Crippen LogP contribution in [0.3, 0.4) is 0 Å². The molecule has 0 bridgehead atoms. The fraction of sp³-hybridized carbons (Fsp3) is 0.400. The number of nitrogens with zero attached hydrogens (tertiary/aromatic N) is 3. The van der Waals surface area contributed by atoms with Gasteiger partial charge in [-0.25, -0.2) is 9.67 Å². The third-order valence-electron chi connectivity index (χ3n) is 3.42. The Balaban J connectivity index is 2.12. The van der Waals surface area contributed by atoms with Crippen molar-refractivity contribution in [2.24, 2.45) is 0 Å². The minimum absolute atomic E-state index is 0.114. The van der Waals surface area contributed by atoms with Crippen molar-refractivity contribution in [3.8, 4) is 5.75 Å². The van der Waals surface area contributed by atoms with E-state index >= 15 is 0 Å². The van der Waals surface area contributed by atoms with Gasteiger partial charge in [0.1, 0.15) is 24.4 Å². The Hall–Kier alpha value is -2.37. The van der Waals surface area contributed by atoms with Gasteiger partial charge in [0.2, 0.25) is 5.91 Å². The number of carbonyl (C=O) groups is 1. The van der Waals surface area contributed by atoms with Crippen LogP contribution in [0.5, 0.6) is 5.75 Å². The van der Waals surface area contributed by atoms with Crippen LogP contribution in [-0.2, 0) is 4.79 Å². The third kappa shape index (κ3) is 3.39. The van der Waals surface area contributed by atoms with E-state index in [0.29, 0.717) is 0 Å². The summed E-state index contributed by atoms with van der Waals surface area (Å²) in [5, 5.41) is 6.96. The monoisotopic (exact) mass is 288 g/mol. The van der Waals surface area contributed by atoms with Crippen molar-refractivity contribution in [2.45, 2.75) is 32.9 Å². The molecule has 1 N–H and O–H groups in total. The Labute approximate surface area is 124 Å². The van der Waals surface area contributed by atoms with Crippen LogP contribution in [0.15, 0.2) is 30.9 Å². The van der Waals surface area contributed by atoms with E-state index in [0.717, 1.165) is 16.9 Å². The number of hydrogen-bond acceptors (Lipinski definition) is 4. The first-order valence-corrected chi connectivity index (χ1v) is 6.82. The van der Waals surface area contributed by atoms with Gasteiger partial charge in [-0.05, 0) is 26.8 Å². The summed E-state index contributed by atoms with van der Waals surface area (Å²) in [4.78, 5) is 16.1. The molecule has 0 fully saturated rings. The molecule has 1 amide bonds. The highest BCUT2D eigenvalue weighted by atomic mass is 16.5. The van der Waals surface area contributed by atoms with Crippen LogP contribution in [0, 0.1) is 6.92 Å². The summed E-state index contributed by atoms with van der Waals surface area (Å²) in [6.07, 6.45) is 2.94. The van der Waals surface area contributed by atoms with E-state index in [1.807, 2.05) is 32.0 Å². The first-order chi connectivity index (χ1) is 10.0. The second kappa shape index (κ2) is 6.39. The fourth-order valence-electron chi connectivity index (χ4n) is 2.14. The molecule has 2 rings (SSSR count). The zero-order chi connectivity index (χ0) is 15.4. The average molecular weight is 288 g/mol. The van der Waals surface area contributed by atoms with Crippen molar-refractivity contribution in [2.75, 3.05) is 7.11 Å². The molecular formula is C15H20N4O2. The van der Waals surface area contributed by atoms with Crippen molar-refractivity contribution < 1.29 is 9.53 Å². The van der Waals surface area contributed by atoms with Gasteiger partial charge in [-0.2, -0.15) is 5.10 Å². The van der Waals surface area contributed by atoms with Gasteiger partial charge in [-0.1, -0.05) is 17.7 Å². The van der Waals surface area contributed by atoms with Crippen LogP contribution < -0.4 is 10.1 Å². The normalized spacial score (nSPS) is 13.5. The topological polar surface area (TPSA) is 69.0 Å². The van der Waals surface area contributed by atoms with Crippen LogP contribution in [0.4, 0.5) is 0 Å². The molecule has 0 unspecified atom stereocenters. The molecule has 1 aromatic heterocycles. The molecule has 0 aliphatic carbocycles. The molecule has 6 heteroatoms. The van der Waals surface area contributed by atoms with Crippen LogP contribution in [-0.4, -0.2) is 27.8 Å². The number of aromatic nitrogens is 3. The summed E-state index contributed by atoms with van der Waals surface area (Å²) in [5.74, 6) is 0.651. The highest BCUT2D eigenvalue weighted by Crippen LogP contribution is 2.26. The number of ether oxygens (including phenoxy) is 1. The largest absolute Gasteiger partial charge is 0.496 e. The van der Waals surface area contributed by atoms with Crippen molar-refractivity contribution in [1.82, 2.24) is 20.1 Å². The molecule has 0 spiro atoms. The van der Waals surface area contributed by atoms with Gasteiger partial charge in [0.15, 0.2) is 0 Å². The summed E-state index contributed by atoms with van der Waals surface area (Å²) in [6, 6.07) is 5.34. The van der Waals surface area contributed by atoms with Crippen molar-refractivity contribution in [3.63, 3.8) is 0 Å². The molecule has 0 aliphatic rings. The molecule has 6 nitrogen and oxygen atoms in total. The fourth-order valence-corrected chi connectivity index (χ4v) is 2.14. The maximum atomic E-state index is 12.3. The zero-order valence-corrected chi connectivity index (χ0v) is 12.7. The van der Waals surface area contributed by atoms with Crippen molar-refractivity contribution in [1.29, 1.82) is 0 Å². The summed E-state index contributed by atoms with van der Waals surface area (Å²) in [6.45, 7) is 5.73. The summed E-state index contributed by atoms with van der Waals surface area (Å²) in [5.41, 5.74) is 2.08. The Kier molecular flexibility index (Phi) is 4.57. The second-order valence-electron chi connectivity index (χ2n) is 5.03. The number of benzene rings is 1. The molecule has 0 radical (unpaired) electrons. The highest BCUT2D eigenvalue weighted by molar-refractivity contribution is 5.80. The molecular weight excluding hydrogens is 268 g/mol. The van der Waals surface area contributed by atoms with E-state index < -0.39 is 6.04 Å². The van der Waals surface area contributed by atoms with Crippen LogP contribution >= 0.6 is 0 Å². The second-order valence-corrected chi connectivity index (χ2v) is 5.03. The number of aryl methyl sites for hydroxylation is 1. The number of methoxy groups -OCH3 is 1. The Morgan fingerprint density at radius 3 is 2.76 bits per heavy atom. The smallest absolute Gasteiger partial charge is 0.245 e. The van der Waals surface area contributed by atoms with Gasteiger partial charge < -0.3 is 10.1 Å². The molecule has 0 aliphatic heterocycles. The van der Waals surface area contributed by atoms with Crippen molar-refractivity contribution >= 4 is 5.91 Å². The van der Waals surface area contributed by atoms with Crippen LogP contribution in [0.1, 0.15) is 37.1 Å². The number of rotatable bonds is 5. The molecule has 2 aromatic rings. The Bertz CT molecular complexity index is 610. The van der Waals surface area contributed by atoms with Gasteiger partial charge in [0, 0.05) is 5.56 Å². The van der Waals surface area contributed by atoms with E-state index in [1.54, 1.807) is 14.0 Å². The Morgan fingerprint density at radius 1 is 1.38 bits per heavy atom. The summed E-state index contributed by atoms with van der Waals surface area (Å²) < 4.78 is 6.88. The molecule has 1 heterocycles.